The number of carboxylic acids is 1. The maximum Gasteiger partial charge on any atom is 0.328 e. The number of carbonyl (C=O) groups is 2. The van der Waals surface area contributed by atoms with Crippen molar-refractivity contribution in [3.8, 4) is 0 Å². The lowest BCUT2D eigenvalue weighted by Crippen LogP contribution is -2.39. The van der Waals surface area contributed by atoms with Crippen molar-refractivity contribution in [1.82, 2.24) is 5.32 Å². The average molecular weight is 307 g/mol. The SMILES string of the molecule is CC1CCC(NC(=O)c2csc(C=CC(=O)O)c2)CC1C. The fraction of sp³-hybridized carbons (Fsp3) is 0.500. The smallest absolute Gasteiger partial charge is 0.328 e. The van der Waals surface area contributed by atoms with Crippen LogP contribution in [0.1, 0.15) is 48.3 Å². The number of nitrogens with one attached hydrogen (secondary N) is 1. The van der Waals surface area contributed by atoms with E-state index < -0.39 is 5.97 Å². The van der Waals surface area contributed by atoms with Gasteiger partial charge in [0.1, 0.15) is 0 Å². The summed E-state index contributed by atoms with van der Waals surface area (Å²) in [5.74, 6) is 0.320. The monoisotopic (exact) mass is 307 g/mol. The summed E-state index contributed by atoms with van der Waals surface area (Å²) < 4.78 is 0. The van der Waals surface area contributed by atoms with Crippen molar-refractivity contribution < 1.29 is 14.7 Å². The van der Waals surface area contributed by atoms with E-state index in [1.165, 1.54) is 17.4 Å². The zero-order valence-electron chi connectivity index (χ0n) is 12.3. The Labute approximate surface area is 128 Å². The second-order valence-electron chi connectivity index (χ2n) is 5.85. The van der Waals surface area contributed by atoms with E-state index in [0.717, 1.165) is 36.1 Å². The molecule has 0 aromatic carbocycles. The lowest BCUT2D eigenvalue weighted by atomic mass is 9.79. The van der Waals surface area contributed by atoms with E-state index in [0.29, 0.717) is 11.5 Å². The van der Waals surface area contributed by atoms with Crippen LogP contribution in [-0.2, 0) is 4.79 Å². The fourth-order valence-corrected chi connectivity index (χ4v) is 3.44. The first-order chi connectivity index (χ1) is 9.95. The van der Waals surface area contributed by atoms with Gasteiger partial charge in [0, 0.05) is 22.4 Å². The molecule has 0 spiro atoms. The molecule has 2 N–H and O–H groups in total. The van der Waals surface area contributed by atoms with Crippen LogP contribution in [0.15, 0.2) is 17.5 Å². The zero-order valence-corrected chi connectivity index (χ0v) is 13.2. The summed E-state index contributed by atoms with van der Waals surface area (Å²) in [5.41, 5.74) is 0.608. The quantitative estimate of drug-likeness (QED) is 0.838. The van der Waals surface area contributed by atoms with Crippen LogP contribution in [0, 0.1) is 11.8 Å². The minimum absolute atomic E-state index is 0.0621. The van der Waals surface area contributed by atoms with Gasteiger partial charge < -0.3 is 10.4 Å². The van der Waals surface area contributed by atoms with Crippen molar-refractivity contribution in [2.24, 2.45) is 11.8 Å². The molecule has 3 atom stereocenters. The van der Waals surface area contributed by atoms with E-state index >= 15 is 0 Å². The van der Waals surface area contributed by atoms with E-state index in [4.69, 9.17) is 5.11 Å². The second kappa shape index (κ2) is 6.89. The number of rotatable bonds is 4. The summed E-state index contributed by atoms with van der Waals surface area (Å²) in [4.78, 5) is 23.5. The van der Waals surface area contributed by atoms with E-state index in [9.17, 15) is 9.59 Å². The number of hydrogen-bond acceptors (Lipinski definition) is 3. The highest BCUT2D eigenvalue weighted by molar-refractivity contribution is 7.11. The summed E-state index contributed by atoms with van der Waals surface area (Å²) in [6, 6.07) is 1.98. The first-order valence-electron chi connectivity index (χ1n) is 7.26. The Bertz CT molecular complexity index is 549. The van der Waals surface area contributed by atoms with Crippen LogP contribution in [0.4, 0.5) is 0 Å². The molecule has 1 aromatic heterocycles. The predicted octanol–water partition coefficient (Wildman–Crippen LogP) is 3.40. The van der Waals surface area contributed by atoms with E-state index in [1.807, 2.05) is 0 Å². The summed E-state index contributed by atoms with van der Waals surface area (Å²) in [7, 11) is 0. The van der Waals surface area contributed by atoms with Gasteiger partial charge in [0.2, 0.25) is 0 Å². The fourth-order valence-electron chi connectivity index (χ4n) is 2.66. The number of carbonyl (C=O) groups excluding carboxylic acids is 1. The molecule has 1 saturated carbocycles. The van der Waals surface area contributed by atoms with Gasteiger partial charge in [-0.05, 0) is 43.2 Å². The van der Waals surface area contributed by atoms with Gasteiger partial charge in [0.25, 0.3) is 5.91 Å². The third-order valence-electron chi connectivity index (χ3n) is 4.21. The van der Waals surface area contributed by atoms with Crippen LogP contribution in [0.5, 0.6) is 0 Å². The predicted molar refractivity (Wildman–Crippen MR) is 84.4 cm³/mol. The summed E-state index contributed by atoms with van der Waals surface area (Å²) in [6.45, 7) is 4.50. The molecule has 114 valence electrons. The molecule has 0 radical (unpaired) electrons. The van der Waals surface area contributed by atoms with Gasteiger partial charge in [-0.2, -0.15) is 0 Å². The van der Waals surface area contributed by atoms with Crippen LogP contribution in [0.3, 0.4) is 0 Å². The van der Waals surface area contributed by atoms with Gasteiger partial charge in [-0.25, -0.2) is 4.79 Å². The molecule has 1 aliphatic carbocycles. The van der Waals surface area contributed by atoms with E-state index in [2.05, 4.69) is 19.2 Å². The Balaban J connectivity index is 1.93. The zero-order chi connectivity index (χ0) is 15.4. The number of thiophene rings is 1. The largest absolute Gasteiger partial charge is 0.478 e. The molecule has 3 unspecified atom stereocenters. The molecule has 0 aliphatic heterocycles. The molecule has 1 amide bonds. The highest BCUT2D eigenvalue weighted by atomic mass is 32.1. The Hall–Kier alpha value is -1.62. The lowest BCUT2D eigenvalue weighted by Gasteiger charge is -2.32. The van der Waals surface area contributed by atoms with Crippen molar-refractivity contribution in [1.29, 1.82) is 0 Å². The highest BCUT2D eigenvalue weighted by Crippen LogP contribution is 2.29. The minimum Gasteiger partial charge on any atom is -0.478 e. The Morgan fingerprint density at radius 1 is 1.33 bits per heavy atom. The molecular weight excluding hydrogens is 286 g/mol. The summed E-state index contributed by atoms with van der Waals surface area (Å²) >= 11 is 1.37. The molecule has 1 aliphatic rings. The number of amides is 1. The van der Waals surface area contributed by atoms with E-state index in [1.54, 1.807) is 11.4 Å². The molecule has 5 heteroatoms. The van der Waals surface area contributed by atoms with Crippen molar-refractivity contribution in [3.63, 3.8) is 0 Å². The van der Waals surface area contributed by atoms with Crippen LogP contribution in [-0.4, -0.2) is 23.0 Å². The van der Waals surface area contributed by atoms with Crippen LogP contribution >= 0.6 is 11.3 Å². The van der Waals surface area contributed by atoms with E-state index in [-0.39, 0.29) is 11.9 Å². The first-order valence-corrected chi connectivity index (χ1v) is 8.14. The third-order valence-corrected chi connectivity index (χ3v) is 5.10. The molecule has 0 bridgehead atoms. The van der Waals surface area contributed by atoms with Crippen LogP contribution in [0.2, 0.25) is 0 Å². The van der Waals surface area contributed by atoms with Crippen LogP contribution in [0.25, 0.3) is 6.08 Å². The number of hydrogen-bond donors (Lipinski definition) is 2. The van der Waals surface area contributed by atoms with Crippen LogP contribution < -0.4 is 5.32 Å². The summed E-state index contributed by atoms with van der Waals surface area (Å²) in [6.07, 6.45) is 5.81. The van der Waals surface area contributed by atoms with Crippen molar-refractivity contribution in [3.05, 3.63) is 28.0 Å². The standard InChI is InChI=1S/C16H21NO3S/c1-10-3-4-13(7-11(10)2)17-16(20)12-8-14(21-9-12)5-6-15(18)19/h5-6,8-11,13H,3-4,7H2,1-2H3,(H,17,20)(H,18,19). The number of carboxylic acid groups (broad SMARTS) is 1. The average Bonchev–Trinajstić information content (AvgIpc) is 2.89. The molecule has 4 nitrogen and oxygen atoms in total. The van der Waals surface area contributed by atoms with Gasteiger partial charge in [0.05, 0.1) is 5.56 Å². The third kappa shape index (κ3) is 4.43. The Morgan fingerprint density at radius 3 is 2.76 bits per heavy atom. The maximum absolute atomic E-state index is 12.2. The molecule has 1 fully saturated rings. The molecular formula is C16H21NO3S. The van der Waals surface area contributed by atoms with Gasteiger partial charge in [-0.1, -0.05) is 13.8 Å². The lowest BCUT2D eigenvalue weighted by molar-refractivity contribution is -0.131. The van der Waals surface area contributed by atoms with Crippen molar-refractivity contribution >= 4 is 29.3 Å². The van der Waals surface area contributed by atoms with Gasteiger partial charge in [0.15, 0.2) is 0 Å². The molecule has 0 saturated heterocycles. The molecule has 1 aromatic rings. The minimum atomic E-state index is -0.986. The summed E-state index contributed by atoms with van der Waals surface area (Å²) in [5, 5.41) is 13.5. The van der Waals surface area contributed by atoms with Gasteiger partial charge >= 0.3 is 5.97 Å². The molecule has 1 heterocycles. The first kappa shape index (κ1) is 15.8. The number of aliphatic carboxylic acids is 1. The molecule has 2 rings (SSSR count). The van der Waals surface area contributed by atoms with Crippen molar-refractivity contribution in [2.75, 3.05) is 0 Å². The Kier molecular flexibility index (Phi) is 5.17. The maximum atomic E-state index is 12.2. The van der Waals surface area contributed by atoms with Crippen molar-refractivity contribution in [2.45, 2.75) is 39.2 Å². The van der Waals surface area contributed by atoms with Gasteiger partial charge in [-0.3, -0.25) is 4.79 Å². The second-order valence-corrected chi connectivity index (χ2v) is 6.79. The topological polar surface area (TPSA) is 66.4 Å². The normalized spacial score (nSPS) is 25.9. The molecule has 21 heavy (non-hydrogen) atoms. The Morgan fingerprint density at radius 2 is 2.10 bits per heavy atom. The van der Waals surface area contributed by atoms with Gasteiger partial charge in [-0.15, -0.1) is 11.3 Å². The highest BCUT2D eigenvalue weighted by Gasteiger charge is 2.25.